The van der Waals surface area contributed by atoms with Crippen LogP contribution in [0.1, 0.15) is 24.1 Å². The minimum atomic E-state index is -3.11. The summed E-state index contributed by atoms with van der Waals surface area (Å²) < 4.78 is 22.8. The molecule has 2 aromatic rings. The third kappa shape index (κ3) is 3.89. The Hall–Kier alpha value is -1.17. The summed E-state index contributed by atoms with van der Waals surface area (Å²) in [5.74, 6) is 0. The van der Waals surface area contributed by atoms with Gasteiger partial charge in [-0.05, 0) is 47.0 Å². The minimum absolute atomic E-state index is 0.188. The normalized spacial score (nSPS) is 13.4. The molecule has 19 heavy (non-hydrogen) atoms. The molecule has 0 saturated heterocycles. The Morgan fingerprint density at radius 2 is 1.89 bits per heavy atom. The van der Waals surface area contributed by atoms with Gasteiger partial charge in [-0.25, -0.2) is 8.42 Å². The Labute approximate surface area is 118 Å². The largest absolute Gasteiger partial charge is 0.306 e. The molecule has 0 spiro atoms. The van der Waals surface area contributed by atoms with E-state index in [1.165, 1.54) is 11.8 Å². The van der Waals surface area contributed by atoms with Crippen LogP contribution in [0.15, 0.2) is 46.0 Å². The van der Waals surface area contributed by atoms with Gasteiger partial charge in [0, 0.05) is 18.8 Å². The number of sulfone groups is 1. The van der Waals surface area contributed by atoms with E-state index in [2.05, 4.69) is 29.1 Å². The summed E-state index contributed by atoms with van der Waals surface area (Å²) in [6.07, 6.45) is 1.22. The molecule has 102 valence electrons. The van der Waals surface area contributed by atoms with Gasteiger partial charge >= 0.3 is 0 Å². The van der Waals surface area contributed by atoms with Gasteiger partial charge in [-0.2, -0.15) is 11.3 Å². The SMILES string of the molecule is CC(NCc1ccsc1)c1ccc(S(C)(=O)=O)cc1. The maximum Gasteiger partial charge on any atom is 0.175 e. The van der Waals surface area contributed by atoms with E-state index >= 15 is 0 Å². The van der Waals surface area contributed by atoms with Crippen LogP contribution in [0.2, 0.25) is 0 Å². The average molecular weight is 295 g/mol. The average Bonchev–Trinajstić information content (AvgIpc) is 2.88. The molecule has 2 rings (SSSR count). The number of hydrogen-bond donors (Lipinski definition) is 1. The Bertz CT molecular complexity index is 616. The molecule has 0 aliphatic carbocycles. The Kier molecular flexibility index (Phi) is 4.39. The zero-order valence-corrected chi connectivity index (χ0v) is 12.6. The highest BCUT2D eigenvalue weighted by molar-refractivity contribution is 7.90. The number of rotatable bonds is 5. The molecule has 1 aromatic carbocycles. The molecular weight excluding hydrogens is 278 g/mol. The van der Waals surface area contributed by atoms with Crippen LogP contribution >= 0.6 is 11.3 Å². The van der Waals surface area contributed by atoms with E-state index in [4.69, 9.17) is 0 Å². The molecule has 1 heterocycles. The first-order valence-corrected chi connectivity index (χ1v) is 8.85. The summed E-state index contributed by atoms with van der Waals surface area (Å²) >= 11 is 1.69. The van der Waals surface area contributed by atoms with E-state index in [0.29, 0.717) is 4.90 Å². The molecular formula is C14H17NO2S2. The van der Waals surface area contributed by atoms with Crippen LogP contribution in [0.4, 0.5) is 0 Å². The molecule has 1 aromatic heterocycles. The quantitative estimate of drug-likeness (QED) is 0.922. The summed E-state index contributed by atoms with van der Waals surface area (Å²) in [5.41, 5.74) is 2.35. The first-order valence-electron chi connectivity index (χ1n) is 6.01. The summed E-state index contributed by atoms with van der Waals surface area (Å²) in [6.45, 7) is 2.89. The fraction of sp³-hybridized carbons (Fsp3) is 0.286. The summed E-state index contributed by atoms with van der Waals surface area (Å²) in [5, 5.41) is 7.59. The Morgan fingerprint density at radius 3 is 2.42 bits per heavy atom. The van der Waals surface area contributed by atoms with Crippen molar-refractivity contribution in [1.82, 2.24) is 5.32 Å². The predicted molar refractivity (Wildman–Crippen MR) is 79.1 cm³/mol. The molecule has 0 amide bonds. The lowest BCUT2D eigenvalue weighted by atomic mass is 10.1. The first-order chi connectivity index (χ1) is 8.97. The molecule has 0 aliphatic heterocycles. The summed E-state index contributed by atoms with van der Waals surface area (Å²) in [4.78, 5) is 0.362. The standard InChI is InChI=1S/C14H17NO2S2/c1-11(15-9-12-7-8-18-10-12)13-3-5-14(6-4-13)19(2,16)17/h3-8,10-11,15H,9H2,1-2H3. The first kappa shape index (κ1) is 14.2. The topological polar surface area (TPSA) is 46.2 Å². The molecule has 1 N–H and O–H groups in total. The maximum absolute atomic E-state index is 11.4. The van der Waals surface area contributed by atoms with Crippen molar-refractivity contribution in [2.24, 2.45) is 0 Å². The lowest BCUT2D eigenvalue weighted by Gasteiger charge is -2.14. The van der Waals surface area contributed by atoms with Crippen LogP contribution in [-0.4, -0.2) is 14.7 Å². The van der Waals surface area contributed by atoms with Gasteiger partial charge < -0.3 is 5.32 Å². The monoisotopic (exact) mass is 295 g/mol. The number of benzene rings is 1. The third-order valence-corrected chi connectivity index (χ3v) is 4.86. The second kappa shape index (κ2) is 5.86. The highest BCUT2D eigenvalue weighted by atomic mass is 32.2. The zero-order valence-electron chi connectivity index (χ0n) is 11.0. The van der Waals surface area contributed by atoms with Crippen molar-refractivity contribution < 1.29 is 8.42 Å². The maximum atomic E-state index is 11.4. The molecule has 0 aliphatic rings. The van der Waals surface area contributed by atoms with Crippen molar-refractivity contribution in [3.05, 3.63) is 52.2 Å². The van der Waals surface area contributed by atoms with Crippen LogP contribution < -0.4 is 5.32 Å². The third-order valence-electron chi connectivity index (χ3n) is 3.00. The van der Waals surface area contributed by atoms with Gasteiger partial charge in [-0.15, -0.1) is 0 Å². The highest BCUT2D eigenvalue weighted by Crippen LogP contribution is 2.17. The van der Waals surface area contributed by atoms with Crippen LogP contribution in [-0.2, 0) is 16.4 Å². The van der Waals surface area contributed by atoms with Gasteiger partial charge in [0.2, 0.25) is 0 Å². The smallest absolute Gasteiger partial charge is 0.175 e. The van der Waals surface area contributed by atoms with Crippen molar-refractivity contribution in [3.63, 3.8) is 0 Å². The zero-order chi connectivity index (χ0) is 13.9. The lowest BCUT2D eigenvalue weighted by Crippen LogP contribution is -2.17. The minimum Gasteiger partial charge on any atom is -0.306 e. The number of nitrogens with one attached hydrogen (secondary N) is 1. The molecule has 0 bridgehead atoms. The van der Waals surface area contributed by atoms with Crippen molar-refractivity contribution >= 4 is 21.2 Å². The molecule has 0 radical (unpaired) electrons. The van der Waals surface area contributed by atoms with Gasteiger partial charge in [0.25, 0.3) is 0 Å². The van der Waals surface area contributed by atoms with E-state index in [1.807, 2.05) is 12.1 Å². The van der Waals surface area contributed by atoms with Gasteiger partial charge in [-0.3, -0.25) is 0 Å². The second-order valence-electron chi connectivity index (χ2n) is 4.58. The lowest BCUT2D eigenvalue weighted by molar-refractivity contribution is 0.574. The van der Waals surface area contributed by atoms with Crippen molar-refractivity contribution in [1.29, 1.82) is 0 Å². The molecule has 0 saturated carbocycles. The number of thiophene rings is 1. The van der Waals surface area contributed by atoms with Crippen LogP contribution in [0.25, 0.3) is 0 Å². The van der Waals surface area contributed by atoms with E-state index in [-0.39, 0.29) is 6.04 Å². The fourth-order valence-corrected chi connectivity index (χ4v) is 3.08. The molecule has 1 unspecified atom stereocenters. The van der Waals surface area contributed by atoms with Crippen LogP contribution in [0, 0.1) is 0 Å². The van der Waals surface area contributed by atoms with Gasteiger partial charge in [-0.1, -0.05) is 12.1 Å². The van der Waals surface area contributed by atoms with Crippen molar-refractivity contribution in [2.75, 3.05) is 6.26 Å². The van der Waals surface area contributed by atoms with E-state index in [1.54, 1.807) is 23.5 Å². The summed E-state index contributed by atoms with van der Waals surface area (Å²) in [6, 6.07) is 9.33. The Morgan fingerprint density at radius 1 is 1.21 bits per heavy atom. The van der Waals surface area contributed by atoms with E-state index in [9.17, 15) is 8.42 Å². The fourth-order valence-electron chi connectivity index (χ4n) is 1.79. The second-order valence-corrected chi connectivity index (χ2v) is 7.37. The van der Waals surface area contributed by atoms with E-state index in [0.717, 1.165) is 12.1 Å². The molecule has 3 nitrogen and oxygen atoms in total. The molecule has 5 heteroatoms. The van der Waals surface area contributed by atoms with Crippen molar-refractivity contribution in [3.8, 4) is 0 Å². The highest BCUT2D eigenvalue weighted by Gasteiger charge is 2.09. The predicted octanol–water partition coefficient (Wildman–Crippen LogP) is 3.00. The van der Waals surface area contributed by atoms with Gasteiger partial charge in [0.15, 0.2) is 9.84 Å². The van der Waals surface area contributed by atoms with Crippen LogP contribution in [0.5, 0.6) is 0 Å². The molecule has 0 fully saturated rings. The summed E-state index contributed by atoms with van der Waals surface area (Å²) in [7, 11) is -3.11. The van der Waals surface area contributed by atoms with Gasteiger partial charge in [0.1, 0.15) is 0 Å². The van der Waals surface area contributed by atoms with Gasteiger partial charge in [0.05, 0.1) is 4.90 Å². The Balaban J connectivity index is 2.01. The van der Waals surface area contributed by atoms with Crippen LogP contribution in [0.3, 0.4) is 0 Å². The molecule has 1 atom stereocenters. The van der Waals surface area contributed by atoms with Crippen molar-refractivity contribution in [2.45, 2.75) is 24.4 Å². The number of hydrogen-bond acceptors (Lipinski definition) is 4. The van der Waals surface area contributed by atoms with E-state index < -0.39 is 9.84 Å².